The van der Waals surface area contributed by atoms with Crippen molar-refractivity contribution in [2.24, 2.45) is 17.4 Å². The zero-order valence-corrected chi connectivity index (χ0v) is 70.0. The molecule has 7 aliphatic heterocycles. The van der Waals surface area contributed by atoms with E-state index in [0.29, 0.717) is 16.8 Å². The molecule has 2 fully saturated rings. The molecule has 24 N–H and O–H groups in total. The molecule has 0 aromatic heterocycles. The number of phenolic OH excluding ortho intramolecular Hbond substituents is 3. The summed E-state index contributed by atoms with van der Waals surface area (Å²) in [6.45, 7) is 10.0. The summed E-state index contributed by atoms with van der Waals surface area (Å²) in [5, 5.41) is 130. The summed E-state index contributed by atoms with van der Waals surface area (Å²) >= 11 is 14.4. The van der Waals surface area contributed by atoms with E-state index in [4.69, 9.17) is 63.1 Å². The van der Waals surface area contributed by atoms with Crippen molar-refractivity contribution in [3.8, 4) is 57.1 Å². The van der Waals surface area contributed by atoms with Crippen molar-refractivity contribution in [1.82, 2.24) is 53.4 Å². The number of benzene rings is 7. The van der Waals surface area contributed by atoms with Crippen molar-refractivity contribution in [1.29, 1.82) is 0 Å². The van der Waals surface area contributed by atoms with Gasteiger partial charge in [0.25, 0.3) is 11.8 Å². The molecule has 7 heterocycles. The number of rotatable bonds is 19. The number of likely N-dealkylation sites (N-methyl/N-ethyl adjacent to an activating group) is 1. The van der Waals surface area contributed by atoms with Crippen molar-refractivity contribution >= 4 is 93.9 Å². The molecule has 41 heteroatoms. The van der Waals surface area contributed by atoms with Crippen LogP contribution in [0.1, 0.15) is 154 Å². The van der Waals surface area contributed by atoms with Crippen LogP contribution in [0.2, 0.25) is 10.0 Å². The molecule has 0 spiro atoms. The monoisotopic (exact) mass is 1800 g/mol. The van der Waals surface area contributed by atoms with Crippen LogP contribution in [0.4, 0.5) is 5.69 Å². The number of carbonyl (C=O) groups excluding carboxylic acids is 11. The van der Waals surface area contributed by atoms with Crippen LogP contribution in [0.15, 0.2) is 127 Å². The van der Waals surface area contributed by atoms with Crippen LogP contribution in [-0.4, -0.2) is 204 Å². The number of primary amides is 2. The van der Waals surface area contributed by atoms with Crippen LogP contribution in [-0.2, 0) is 68.7 Å². The number of phenols is 3. The van der Waals surface area contributed by atoms with Gasteiger partial charge in [-0.2, -0.15) is 0 Å². The molecular weight excluding hydrogens is 1700 g/mol. The van der Waals surface area contributed by atoms with Gasteiger partial charge in [0.15, 0.2) is 23.9 Å². The highest BCUT2D eigenvalue weighted by Gasteiger charge is 2.52. The Hall–Kier alpha value is -12.4. The Morgan fingerprint density at radius 2 is 1.27 bits per heavy atom. The van der Waals surface area contributed by atoms with E-state index in [1.165, 1.54) is 26.1 Å². The molecule has 14 rings (SSSR count). The summed E-state index contributed by atoms with van der Waals surface area (Å²) in [6, 6.07) is 12.7. The van der Waals surface area contributed by atoms with E-state index in [-0.39, 0.29) is 61.4 Å². The lowest BCUT2D eigenvalue weighted by molar-refractivity contribution is -0.334. The quantitative estimate of drug-likeness (QED) is 0.0408. The molecule has 678 valence electrons. The zero-order chi connectivity index (χ0) is 91.4. The van der Waals surface area contributed by atoms with Crippen LogP contribution >= 0.6 is 23.2 Å². The van der Waals surface area contributed by atoms with Crippen molar-refractivity contribution in [2.75, 3.05) is 19.0 Å². The molecule has 18 unspecified atom stereocenters. The van der Waals surface area contributed by atoms with Gasteiger partial charge in [0.05, 0.1) is 41.3 Å². The van der Waals surface area contributed by atoms with Crippen LogP contribution in [0, 0.1) is 5.92 Å². The first kappa shape index (κ1) is 95.3. The number of halogens is 2. The molecule has 7 aromatic rings. The smallest absolute Gasteiger partial charge is 0.327 e. The Balaban J connectivity index is 0.0000156. The van der Waals surface area contributed by atoms with Gasteiger partial charge in [0, 0.05) is 46.9 Å². The van der Waals surface area contributed by atoms with Crippen LogP contribution in [0.3, 0.4) is 0 Å². The number of ether oxygens (including phenoxy) is 6. The fourth-order valence-corrected chi connectivity index (χ4v) is 15.6. The predicted molar refractivity (Wildman–Crippen MR) is 451 cm³/mol. The molecule has 11 amide bonds. The molecular formula is C86H99Cl2N13O26. The second-order valence-electron chi connectivity index (χ2n) is 31.9. The molecule has 0 aliphatic carbocycles. The highest BCUT2D eigenvalue weighted by molar-refractivity contribution is 6.34. The van der Waals surface area contributed by atoms with E-state index >= 15 is 24.0 Å². The fraction of sp³-hybridized carbons (Fsp3) is 0.384. The minimum Gasteiger partial charge on any atom is -0.508 e. The zero-order valence-electron chi connectivity index (χ0n) is 68.5. The van der Waals surface area contributed by atoms with Gasteiger partial charge in [0.2, 0.25) is 53.4 Å². The van der Waals surface area contributed by atoms with Gasteiger partial charge >= 0.3 is 11.8 Å². The molecule has 127 heavy (non-hydrogen) atoms. The van der Waals surface area contributed by atoms with Crippen LogP contribution in [0.5, 0.6) is 46.0 Å². The van der Waals surface area contributed by atoms with E-state index in [0.717, 1.165) is 72.3 Å². The Morgan fingerprint density at radius 1 is 0.654 bits per heavy atom. The molecule has 0 radical (unpaired) electrons. The summed E-state index contributed by atoms with van der Waals surface area (Å²) < 4.78 is 39.5. The van der Waals surface area contributed by atoms with Gasteiger partial charge < -0.3 is 134 Å². The first-order chi connectivity index (χ1) is 59.7. The number of anilines is 1. The van der Waals surface area contributed by atoms with Gasteiger partial charge in [-0.05, 0) is 157 Å². The molecule has 2 saturated heterocycles. The minimum atomic E-state index is -2.42. The third-order valence-electron chi connectivity index (χ3n) is 22.0. The first-order valence-electron chi connectivity index (χ1n) is 39.8. The summed E-state index contributed by atoms with van der Waals surface area (Å²) in [4.78, 5) is 158. The van der Waals surface area contributed by atoms with Gasteiger partial charge in [-0.25, -0.2) is 0 Å². The second kappa shape index (κ2) is 40.1. The maximum atomic E-state index is 16.3. The van der Waals surface area contributed by atoms with Gasteiger partial charge in [0.1, 0.15) is 95.5 Å². The Morgan fingerprint density at radius 3 is 1.87 bits per heavy atom. The Bertz CT molecular complexity index is 5360. The lowest BCUT2D eigenvalue weighted by atomic mass is 9.84. The maximum Gasteiger partial charge on any atom is 0.327 e. The van der Waals surface area contributed by atoms with Crippen molar-refractivity contribution in [3.63, 3.8) is 0 Å². The van der Waals surface area contributed by atoms with E-state index < -0.39 is 259 Å². The minimum absolute atomic E-state index is 0. The highest BCUT2D eigenvalue weighted by Crippen LogP contribution is 2.50. The van der Waals surface area contributed by atoms with Crippen molar-refractivity contribution in [3.05, 3.63) is 182 Å². The van der Waals surface area contributed by atoms with E-state index in [9.17, 15) is 74.7 Å². The largest absolute Gasteiger partial charge is 0.508 e. The third-order valence-corrected chi connectivity index (χ3v) is 22.6. The summed E-state index contributed by atoms with van der Waals surface area (Å²) in [5.74, 6) is -19.7. The van der Waals surface area contributed by atoms with E-state index in [2.05, 4.69) is 47.9 Å². The molecule has 0 saturated carbocycles. The van der Waals surface area contributed by atoms with Gasteiger partial charge in [-0.1, -0.05) is 101 Å². The number of aliphatic hydroxyl groups excluding tert-OH is 6. The maximum absolute atomic E-state index is 16.3. The number of hydrazine groups is 1. The molecule has 7 aliphatic rings. The van der Waals surface area contributed by atoms with Crippen molar-refractivity contribution < 1.29 is 127 Å². The summed E-state index contributed by atoms with van der Waals surface area (Å²) in [5.41, 5.74) is 12.7. The predicted octanol–water partition coefficient (Wildman–Crippen LogP) is 2.50. The van der Waals surface area contributed by atoms with E-state index in [1.54, 1.807) is 48.7 Å². The fourth-order valence-electron chi connectivity index (χ4n) is 15.1. The lowest BCUT2D eigenvalue weighted by Gasteiger charge is -2.48. The third kappa shape index (κ3) is 21.5. The number of hydrogen-bond donors (Lipinski definition) is 22. The Kier molecular flexibility index (Phi) is 30.1. The molecule has 18 atom stereocenters. The molecule has 7 aromatic carbocycles. The average Bonchev–Trinajstić information content (AvgIpc) is 0.765. The number of fused-ring (bicyclic) bond motifs is 15. The number of aliphatic hydroxyl groups is 6. The molecule has 39 nitrogen and oxygen atoms in total. The number of aromatic hydroxyl groups is 3. The normalized spacial score (nSPS) is 25.6. The lowest BCUT2D eigenvalue weighted by Crippen LogP contribution is -2.65. The van der Waals surface area contributed by atoms with Gasteiger partial charge in [-0.3, -0.25) is 63.6 Å². The topological polar surface area (TPSA) is 610 Å². The van der Waals surface area contributed by atoms with Crippen LogP contribution < -0.4 is 84.4 Å². The number of carbonyl (C=O) groups is 11. The SMILES string of the molecule is C.CNC(CC(C)C)C(=O)NC1C(=O)NC(CC(N)=O)C(=O)NC2C(=O)NC3C(=O)NC(C(=O)NC(C(=O)NNC(=O)C(N)=O)c4cc(O)cc(O)c4-c4cc3ccc4O)C(O)c3ccc(c(Cl)c3)Oc3cc2cc(c3OC2OC(CO)C(O)C(O)C2OC2CC(C)(NCc3ccc(NC(=O)c4ccc(C(C)C)cc4)cc3)C(O)C(C)O2)Oc2ccc(cc2Cl)C1O. The molecule has 11 bridgehead atoms. The number of amides is 11. The van der Waals surface area contributed by atoms with Crippen molar-refractivity contribution in [2.45, 2.75) is 190 Å². The number of nitrogens with one attached hydrogen (secondary N) is 11. The summed E-state index contributed by atoms with van der Waals surface area (Å²) in [7, 11) is 1.46. The standard InChI is InChI=1S/C85H95Cl2N13O26.CH4/c1-34(2)22-50(90-7)76(113)97-65-67(106)41-15-20-54(48(86)24-41)122-56-26-43-27-57(71(56)126-84-72(70(109)69(108)58(33-101)124-84)125-60-31-85(6,73(110)36(5)121-60)91-32-37-8-17-44(18-9-37)92-75(112)39-12-10-38(11-13-39)35(3)4)123-55-21-16-42(25-49(55)87)68(107)66-81(118)96-64(82(119)99-100-83(120)74(89)111)47-28-45(102)29-53(104)61(47)46-23-40(14-19-52(46)103)62(78(115)98-66)95-79(116)63(43)94-77(114)51(30-59(88)105)93-80(65)117;/h8-21,23-29,34-36,50-51,58,60,62-70,72-73,84,90-91,101-104,106-110H,22,30-33H2,1-7H3,(H2,88,105)(H2,89,111)(H,92,112)(H,93,117)(H,94,114)(H,95,116)(H,96,118)(H,97,113)(H,98,115)(H,99,119)(H,100,120);1H4. The van der Waals surface area contributed by atoms with Gasteiger partial charge in [-0.15, -0.1) is 0 Å². The first-order valence-corrected chi connectivity index (χ1v) is 40.6. The average molecular weight is 1800 g/mol. The highest BCUT2D eigenvalue weighted by atomic mass is 35.5. The second-order valence-corrected chi connectivity index (χ2v) is 32.7. The van der Waals surface area contributed by atoms with E-state index in [1.807, 2.05) is 45.3 Å². The van der Waals surface area contributed by atoms with Crippen LogP contribution in [0.25, 0.3) is 11.1 Å². The summed E-state index contributed by atoms with van der Waals surface area (Å²) in [6.07, 6.45) is -19.3. The number of hydrogen-bond acceptors (Lipinski definition) is 28. The number of nitrogens with two attached hydrogens (primary N) is 2. The Labute approximate surface area is 736 Å².